The number of ketones is 1. The highest BCUT2D eigenvalue weighted by Gasteiger charge is 2.67. The molecular weight excluding hydrogens is 544 g/mol. The Hall–Kier alpha value is -2.77. The topological polar surface area (TPSA) is 110 Å². The minimum absolute atomic E-state index is 0.0216. The van der Waals surface area contributed by atoms with Gasteiger partial charge in [-0.05, 0) is 49.7 Å². The Morgan fingerprint density at radius 3 is 2.35 bits per heavy atom. The summed E-state index contributed by atoms with van der Waals surface area (Å²) in [6.07, 6.45) is 20.9. The van der Waals surface area contributed by atoms with Gasteiger partial charge in [0.1, 0.15) is 11.7 Å². The molecule has 0 aromatic carbocycles. The normalized spacial score (nSPS) is 33.7. The van der Waals surface area contributed by atoms with Crippen LogP contribution in [-0.4, -0.2) is 51.8 Å². The number of hydrogen-bond acceptors (Lipinski definition) is 7. The van der Waals surface area contributed by atoms with Crippen LogP contribution in [0.15, 0.2) is 59.8 Å². The predicted molar refractivity (Wildman–Crippen MR) is 168 cm³/mol. The molecule has 7 atom stereocenters. The first-order valence-corrected chi connectivity index (χ1v) is 15.9. The Labute approximate surface area is 257 Å². The molecule has 43 heavy (non-hydrogen) atoms. The van der Waals surface area contributed by atoms with Crippen molar-refractivity contribution >= 4 is 17.7 Å². The number of unbranched alkanes of at least 4 members (excludes halogenated alkanes) is 5. The number of esters is 2. The molecule has 3 aliphatic rings. The molecule has 0 radical (unpaired) electrons. The van der Waals surface area contributed by atoms with Crippen LogP contribution in [-0.2, 0) is 23.9 Å². The van der Waals surface area contributed by atoms with Gasteiger partial charge in [-0.2, -0.15) is 0 Å². The predicted octanol–water partition coefficient (Wildman–Crippen LogP) is 6.36. The zero-order valence-electron chi connectivity index (χ0n) is 27.1. The molecule has 0 saturated heterocycles. The number of ether oxygens (including phenoxy) is 2. The molecule has 0 spiro atoms. The van der Waals surface area contributed by atoms with Crippen molar-refractivity contribution in [3.05, 3.63) is 59.8 Å². The van der Waals surface area contributed by atoms with E-state index in [2.05, 4.69) is 13.0 Å². The average molecular weight is 597 g/mol. The number of fused-ring (bicyclic) bond motifs is 3. The molecule has 1 fully saturated rings. The summed E-state index contributed by atoms with van der Waals surface area (Å²) in [6.45, 7) is 12.6. The summed E-state index contributed by atoms with van der Waals surface area (Å²) < 4.78 is 12.1. The van der Waals surface area contributed by atoms with E-state index >= 15 is 0 Å². The maximum Gasteiger partial charge on any atom is 0.331 e. The van der Waals surface area contributed by atoms with E-state index in [1.165, 1.54) is 45.1 Å². The first-order chi connectivity index (χ1) is 20.2. The summed E-state index contributed by atoms with van der Waals surface area (Å²) in [5, 5.41) is 22.0. The van der Waals surface area contributed by atoms with Crippen molar-refractivity contribution in [2.24, 2.45) is 29.1 Å². The maximum absolute atomic E-state index is 13.2. The molecule has 0 aromatic rings. The van der Waals surface area contributed by atoms with Gasteiger partial charge >= 0.3 is 11.9 Å². The summed E-state index contributed by atoms with van der Waals surface area (Å²) in [6, 6.07) is 0. The van der Waals surface area contributed by atoms with Crippen molar-refractivity contribution in [3.63, 3.8) is 0 Å². The monoisotopic (exact) mass is 596 g/mol. The SMILES string of the molecule is CCCCCCC/C=C/C=C/C=C\C(=O)O[C@@H]1[C@@H](C)C2C3C=C(C)C(=O)[C@@]3(O)CC(CO)=C[C@H]2C(C)(C)[C@]1(C)OC(C)=O. The summed E-state index contributed by atoms with van der Waals surface area (Å²) in [4.78, 5) is 38.8. The molecule has 7 heteroatoms. The van der Waals surface area contributed by atoms with E-state index in [4.69, 9.17) is 9.47 Å². The van der Waals surface area contributed by atoms with E-state index in [0.29, 0.717) is 11.1 Å². The van der Waals surface area contributed by atoms with E-state index in [9.17, 15) is 24.6 Å². The third-order valence-corrected chi connectivity index (χ3v) is 10.2. The van der Waals surface area contributed by atoms with Crippen molar-refractivity contribution in [3.8, 4) is 0 Å². The molecule has 0 bridgehead atoms. The van der Waals surface area contributed by atoms with Crippen molar-refractivity contribution in [2.75, 3.05) is 6.61 Å². The summed E-state index contributed by atoms with van der Waals surface area (Å²) in [5.74, 6) is -3.00. The van der Waals surface area contributed by atoms with Crippen LogP contribution in [0.4, 0.5) is 0 Å². The molecule has 0 aromatic heterocycles. The van der Waals surface area contributed by atoms with Gasteiger partial charge in [-0.1, -0.05) is 95.9 Å². The Morgan fingerprint density at radius 1 is 1.02 bits per heavy atom. The van der Waals surface area contributed by atoms with Gasteiger partial charge in [0.05, 0.1) is 6.61 Å². The summed E-state index contributed by atoms with van der Waals surface area (Å²) >= 11 is 0. The van der Waals surface area contributed by atoms with Crippen molar-refractivity contribution in [2.45, 2.75) is 111 Å². The van der Waals surface area contributed by atoms with Crippen molar-refractivity contribution in [1.29, 1.82) is 0 Å². The standard InChI is InChI=1S/C36H52O7/c1-8-9-10-11-12-13-14-15-16-17-18-19-30(39)42-33-25(3)31-28(34(5,6)35(33,7)43-26(4)38)21-27(23-37)22-36(41)29(31)20-24(2)32(36)40/h14-21,25,28-29,31,33,37,41H,8-13,22-23H2,1-7H3/b15-14+,17-16+,19-18-/t25-,28+,29?,31?,33+,35+,36+/m0/s1. The molecule has 0 heterocycles. The molecule has 2 unspecified atom stereocenters. The lowest BCUT2D eigenvalue weighted by Crippen LogP contribution is -2.68. The Balaban J connectivity index is 1.87. The molecule has 3 rings (SSSR count). The number of Topliss-reactive ketones (excluding diaryl/α,β-unsaturated/α-hetero) is 1. The van der Waals surface area contributed by atoms with Gasteiger partial charge in [-0.15, -0.1) is 0 Å². The van der Waals surface area contributed by atoms with Crippen LogP contribution < -0.4 is 0 Å². The number of aliphatic hydroxyl groups is 2. The second-order valence-electron chi connectivity index (χ2n) is 13.4. The fourth-order valence-corrected chi connectivity index (χ4v) is 7.63. The average Bonchev–Trinajstić information content (AvgIpc) is 3.07. The number of carbonyl (C=O) groups is 3. The number of rotatable bonds is 12. The van der Waals surface area contributed by atoms with Crippen LogP contribution in [0.3, 0.4) is 0 Å². The second-order valence-corrected chi connectivity index (χ2v) is 13.4. The van der Waals surface area contributed by atoms with Crippen LogP contribution >= 0.6 is 0 Å². The summed E-state index contributed by atoms with van der Waals surface area (Å²) in [5.41, 5.74) is -2.68. The number of allylic oxidation sites excluding steroid dienone is 6. The van der Waals surface area contributed by atoms with Crippen LogP contribution in [0, 0.1) is 29.1 Å². The van der Waals surface area contributed by atoms with E-state index in [0.717, 1.165) is 6.42 Å². The quantitative estimate of drug-likeness (QED) is 0.0887. The molecule has 2 N–H and O–H groups in total. The lowest BCUT2D eigenvalue weighted by molar-refractivity contribution is -0.246. The van der Waals surface area contributed by atoms with Gasteiger partial charge < -0.3 is 19.7 Å². The Kier molecular flexibility index (Phi) is 11.6. The minimum atomic E-state index is -1.69. The minimum Gasteiger partial charge on any atom is -0.455 e. The maximum atomic E-state index is 13.2. The van der Waals surface area contributed by atoms with Crippen LogP contribution in [0.1, 0.15) is 93.4 Å². The van der Waals surface area contributed by atoms with Gasteiger partial charge in [0, 0.05) is 36.7 Å². The highest BCUT2D eigenvalue weighted by molar-refractivity contribution is 6.04. The zero-order chi connectivity index (χ0) is 32.0. The van der Waals surface area contributed by atoms with Gasteiger partial charge in [0.25, 0.3) is 0 Å². The fourth-order valence-electron chi connectivity index (χ4n) is 7.63. The molecule has 238 valence electrons. The van der Waals surface area contributed by atoms with Gasteiger partial charge in [0.2, 0.25) is 0 Å². The van der Waals surface area contributed by atoms with E-state index in [-0.39, 0.29) is 30.6 Å². The van der Waals surface area contributed by atoms with Gasteiger partial charge in [-0.3, -0.25) is 9.59 Å². The Bertz CT molecular complexity index is 1190. The van der Waals surface area contributed by atoms with Crippen LogP contribution in [0.2, 0.25) is 0 Å². The lowest BCUT2D eigenvalue weighted by atomic mass is 9.49. The lowest BCUT2D eigenvalue weighted by Gasteiger charge is -2.60. The first kappa shape index (κ1) is 34.7. The number of carbonyl (C=O) groups excluding carboxylic acids is 3. The number of aliphatic hydroxyl groups excluding tert-OH is 1. The van der Waals surface area contributed by atoms with Crippen LogP contribution in [0.5, 0.6) is 0 Å². The van der Waals surface area contributed by atoms with E-state index in [1.54, 1.807) is 26.0 Å². The van der Waals surface area contributed by atoms with E-state index < -0.39 is 46.5 Å². The van der Waals surface area contributed by atoms with Gasteiger partial charge in [0.15, 0.2) is 11.4 Å². The van der Waals surface area contributed by atoms with E-state index in [1.807, 2.05) is 45.1 Å². The smallest absolute Gasteiger partial charge is 0.331 e. The van der Waals surface area contributed by atoms with Crippen molar-refractivity contribution < 1.29 is 34.1 Å². The molecule has 0 amide bonds. The fraction of sp³-hybridized carbons (Fsp3) is 0.639. The molecule has 7 nitrogen and oxygen atoms in total. The zero-order valence-corrected chi connectivity index (χ0v) is 27.1. The second kappa shape index (κ2) is 14.3. The van der Waals surface area contributed by atoms with Crippen molar-refractivity contribution in [1.82, 2.24) is 0 Å². The Morgan fingerprint density at radius 2 is 1.70 bits per heavy atom. The highest BCUT2D eigenvalue weighted by atomic mass is 16.6. The molecule has 3 aliphatic carbocycles. The van der Waals surface area contributed by atoms with Crippen LogP contribution in [0.25, 0.3) is 0 Å². The molecular formula is C36H52O7. The number of hydrogen-bond donors (Lipinski definition) is 2. The third-order valence-electron chi connectivity index (χ3n) is 10.2. The largest absolute Gasteiger partial charge is 0.455 e. The molecule has 0 aliphatic heterocycles. The molecule has 1 saturated carbocycles. The summed E-state index contributed by atoms with van der Waals surface area (Å²) in [7, 11) is 0. The first-order valence-electron chi connectivity index (χ1n) is 15.9. The van der Waals surface area contributed by atoms with Gasteiger partial charge in [-0.25, -0.2) is 4.79 Å². The highest BCUT2D eigenvalue weighted by Crippen LogP contribution is 2.61. The third kappa shape index (κ3) is 7.15.